The van der Waals surface area contributed by atoms with E-state index >= 15 is 0 Å². The van der Waals surface area contributed by atoms with Crippen LogP contribution in [0, 0.1) is 6.92 Å². The summed E-state index contributed by atoms with van der Waals surface area (Å²) in [5.74, 6) is 0.964. The number of hydrogen-bond acceptors (Lipinski definition) is 5. The van der Waals surface area contributed by atoms with E-state index < -0.39 is 0 Å². The van der Waals surface area contributed by atoms with Crippen LogP contribution in [-0.2, 0) is 6.54 Å². The molecular formula is C16H22ClN3OS. The van der Waals surface area contributed by atoms with Gasteiger partial charge in [-0.05, 0) is 13.0 Å². The molecule has 0 bridgehead atoms. The van der Waals surface area contributed by atoms with Crippen LogP contribution in [0.1, 0.15) is 22.3 Å². The van der Waals surface area contributed by atoms with E-state index in [9.17, 15) is 0 Å². The highest BCUT2D eigenvalue weighted by atomic mass is 35.5. The van der Waals surface area contributed by atoms with Crippen LogP contribution in [-0.4, -0.2) is 36.6 Å². The van der Waals surface area contributed by atoms with Crippen molar-refractivity contribution >= 4 is 23.7 Å². The van der Waals surface area contributed by atoms with Crippen molar-refractivity contribution in [3.8, 4) is 5.75 Å². The molecule has 6 heteroatoms. The Hall–Kier alpha value is -1.14. The number of para-hydroxylation sites is 1. The van der Waals surface area contributed by atoms with Crippen molar-refractivity contribution in [2.75, 3.05) is 26.7 Å². The molecule has 1 aliphatic rings. The predicted octanol–water partition coefficient (Wildman–Crippen LogP) is 3.03. The first-order valence-electron chi connectivity index (χ1n) is 7.26. The number of piperazine rings is 1. The van der Waals surface area contributed by atoms with Gasteiger partial charge in [0.25, 0.3) is 0 Å². The molecule has 0 amide bonds. The minimum absolute atomic E-state index is 0. The molecule has 3 rings (SSSR count). The largest absolute Gasteiger partial charge is 0.496 e. The van der Waals surface area contributed by atoms with Crippen molar-refractivity contribution in [3.05, 3.63) is 45.9 Å². The molecule has 2 heterocycles. The van der Waals surface area contributed by atoms with Gasteiger partial charge in [-0.15, -0.1) is 23.7 Å². The van der Waals surface area contributed by atoms with Crippen LogP contribution < -0.4 is 10.1 Å². The Bertz CT molecular complexity index is 605. The summed E-state index contributed by atoms with van der Waals surface area (Å²) in [6, 6.07) is 8.63. The van der Waals surface area contributed by atoms with Gasteiger partial charge in [-0.3, -0.25) is 4.90 Å². The quantitative estimate of drug-likeness (QED) is 0.929. The third-order valence-electron chi connectivity index (χ3n) is 3.88. The van der Waals surface area contributed by atoms with Crippen molar-refractivity contribution in [1.29, 1.82) is 0 Å². The molecule has 1 fully saturated rings. The van der Waals surface area contributed by atoms with E-state index in [2.05, 4.69) is 39.6 Å². The molecule has 1 atom stereocenters. The van der Waals surface area contributed by atoms with Gasteiger partial charge in [0.15, 0.2) is 0 Å². The van der Waals surface area contributed by atoms with Crippen LogP contribution in [0.2, 0.25) is 0 Å². The first kappa shape index (κ1) is 17.2. The van der Waals surface area contributed by atoms with E-state index in [1.54, 1.807) is 18.4 Å². The number of benzene rings is 1. The lowest BCUT2D eigenvalue weighted by Crippen LogP contribution is -2.45. The first-order chi connectivity index (χ1) is 10.3. The summed E-state index contributed by atoms with van der Waals surface area (Å²) < 4.78 is 5.53. The van der Waals surface area contributed by atoms with E-state index in [4.69, 9.17) is 4.74 Å². The number of methoxy groups -OCH3 is 1. The number of rotatable bonds is 4. The molecule has 0 radical (unpaired) electrons. The van der Waals surface area contributed by atoms with Gasteiger partial charge in [0.05, 0.1) is 23.9 Å². The number of halogens is 1. The van der Waals surface area contributed by atoms with Gasteiger partial charge in [-0.1, -0.05) is 18.2 Å². The topological polar surface area (TPSA) is 37.4 Å². The van der Waals surface area contributed by atoms with Crippen molar-refractivity contribution in [2.24, 2.45) is 0 Å². The molecular weight excluding hydrogens is 318 g/mol. The van der Waals surface area contributed by atoms with E-state index in [0.717, 1.165) is 36.9 Å². The monoisotopic (exact) mass is 339 g/mol. The van der Waals surface area contributed by atoms with Crippen molar-refractivity contribution in [2.45, 2.75) is 19.5 Å². The molecule has 1 unspecified atom stereocenters. The average molecular weight is 340 g/mol. The molecule has 0 saturated carbocycles. The fourth-order valence-corrected chi connectivity index (χ4v) is 3.48. The second-order valence-electron chi connectivity index (χ2n) is 5.29. The van der Waals surface area contributed by atoms with Crippen LogP contribution in [0.25, 0.3) is 0 Å². The highest BCUT2D eigenvalue weighted by Crippen LogP contribution is 2.31. The molecule has 22 heavy (non-hydrogen) atoms. The zero-order valence-electron chi connectivity index (χ0n) is 12.9. The summed E-state index contributed by atoms with van der Waals surface area (Å²) in [6.07, 6.45) is 0. The molecule has 1 saturated heterocycles. The molecule has 120 valence electrons. The molecule has 0 spiro atoms. The number of hydrogen-bond donors (Lipinski definition) is 1. The van der Waals surface area contributed by atoms with Gasteiger partial charge in [-0.2, -0.15) is 0 Å². The number of ether oxygens (including phenoxy) is 1. The van der Waals surface area contributed by atoms with Crippen molar-refractivity contribution in [1.82, 2.24) is 15.2 Å². The van der Waals surface area contributed by atoms with Crippen LogP contribution in [0.5, 0.6) is 5.75 Å². The fourth-order valence-electron chi connectivity index (χ4n) is 2.87. The Labute approximate surface area is 141 Å². The van der Waals surface area contributed by atoms with Gasteiger partial charge in [0.2, 0.25) is 0 Å². The zero-order chi connectivity index (χ0) is 14.7. The second-order valence-corrected chi connectivity index (χ2v) is 6.35. The van der Waals surface area contributed by atoms with Crippen molar-refractivity contribution in [3.63, 3.8) is 0 Å². The first-order valence-corrected chi connectivity index (χ1v) is 8.14. The van der Waals surface area contributed by atoms with E-state index in [0.29, 0.717) is 6.04 Å². The standard InChI is InChI=1S/C16H21N3OS.ClH/c1-12-18-13(11-21-12)10-19-8-7-17-9-15(19)14-5-3-4-6-16(14)20-2;/h3-6,11,15,17H,7-10H2,1-2H3;1H. The van der Waals surface area contributed by atoms with Gasteiger partial charge in [0.1, 0.15) is 5.75 Å². The minimum Gasteiger partial charge on any atom is -0.496 e. The lowest BCUT2D eigenvalue weighted by molar-refractivity contribution is 0.149. The second kappa shape index (κ2) is 7.92. The van der Waals surface area contributed by atoms with Crippen LogP contribution in [0.3, 0.4) is 0 Å². The highest BCUT2D eigenvalue weighted by molar-refractivity contribution is 7.09. The number of nitrogens with one attached hydrogen (secondary N) is 1. The van der Waals surface area contributed by atoms with E-state index in [-0.39, 0.29) is 12.4 Å². The van der Waals surface area contributed by atoms with Gasteiger partial charge in [-0.25, -0.2) is 4.98 Å². The maximum Gasteiger partial charge on any atom is 0.123 e. The average Bonchev–Trinajstić information content (AvgIpc) is 2.93. The number of thiazole rings is 1. The number of aryl methyl sites for hydroxylation is 1. The Morgan fingerprint density at radius 3 is 2.95 bits per heavy atom. The zero-order valence-corrected chi connectivity index (χ0v) is 14.5. The maximum atomic E-state index is 5.53. The highest BCUT2D eigenvalue weighted by Gasteiger charge is 2.26. The molecule has 1 aliphatic heterocycles. The molecule has 1 aromatic heterocycles. The molecule has 2 aromatic rings. The summed E-state index contributed by atoms with van der Waals surface area (Å²) in [4.78, 5) is 7.09. The van der Waals surface area contributed by atoms with Crippen LogP contribution >= 0.6 is 23.7 Å². The smallest absolute Gasteiger partial charge is 0.123 e. The lowest BCUT2D eigenvalue weighted by atomic mass is 10.0. The SMILES string of the molecule is COc1ccccc1C1CNCCN1Cc1csc(C)n1.Cl. The summed E-state index contributed by atoms with van der Waals surface area (Å²) in [5, 5.41) is 6.79. The molecule has 4 nitrogen and oxygen atoms in total. The Morgan fingerprint density at radius 2 is 2.23 bits per heavy atom. The van der Waals surface area contributed by atoms with Crippen LogP contribution in [0.4, 0.5) is 0 Å². The summed E-state index contributed by atoms with van der Waals surface area (Å²) >= 11 is 1.72. The minimum atomic E-state index is 0. The van der Waals surface area contributed by atoms with E-state index in [1.165, 1.54) is 11.3 Å². The molecule has 0 aliphatic carbocycles. The molecule has 1 N–H and O–H groups in total. The third-order valence-corrected chi connectivity index (χ3v) is 4.71. The van der Waals surface area contributed by atoms with E-state index in [1.807, 2.05) is 12.1 Å². The van der Waals surface area contributed by atoms with Gasteiger partial charge < -0.3 is 10.1 Å². The lowest BCUT2D eigenvalue weighted by Gasteiger charge is -2.36. The Kier molecular flexibility index (Phi) is 6.20. The summed E-state index contributed by atoms with van der Waals surface area (Å²) in [7, 11) is 1.74. The number of nitrogens with zero attached hydrogens (tertiary/aromatic N) is 2. The number of aromatic nitrogens is 1. The van der Waals surface area contributed by atoms with Crippen molar-refractivity contribution < 1.29 is 4.74 Å². The Morgan fingerprint density at radius 1 is 1.41 bits per heavy atom. The maximum absolute atomic E-state index is 5.53. The molecule has 1 aromatic carbocycles. The summed E-state index contributed by atoms with van der Waals surface area (Å²) in [6.45, 7) is 5.95. The normalized spacial score (nSPS) is 18.7. The third kappa shape index (κ3) is 3.79. The summed E-state index contributed by atoms with van der Waals surface area (Å²) in [5.41, 5.74) is 2.42. The Balaban J connectivity index is 0.00000176. The van der Waals surface area contributed by atoms with Gasteiger partial charge in [0, 0.05) is 37.1 Å². The fraction of sp³-hybridized carbons (Fsp3) is 0.438. The predicted molar refractivity (Wildman–Crippen MR) is 93.1 cm³/mol. The van der Waals surface area contributed by atoms with Gasteiger partial charge >= 0.3 is 0 Å². The van der Waals surface area contributed by atoms with Crippen LogP contribution in [0.15, 0.2) is 29.6 Å².